The average Bonchev–Trinajstić information content (AvgIpc) is 2.61. The normalized spacial score (nSPS) is 10.7. The van der Waals surface area contributed by atoms with Crippen LogP contribution in [0.3, 0.4) is 0 Å². The second-order valence-electron chi connectivity index (χ2n) is 6.73. The van der Waals surface area contributed by atoms with Crippen LogP contribution in [0.15, 0.2) is 42.5 Å². The standard InChI is InChI=1S/C21H28N2O3/c1-14(2)21(24)23-18-9-7-17(8-10-18)22-13-16-6-11-19(26-15(3)4)20(12-16)25-5/h6-12,14-15,22H,13H2,1-5H3,(H,23,24). The third-order valence-corrected chi connectivity index (χ3v) is 3.76. The molecule has 0 aliphatic carbocycles. The number of anilines is 2. The Morgan fingerprint density at radius 2 is 1.62 bits per heavy atom. The molecule has 0 saturated carbocycles. The van der Waals surface area contributed by atoms with Crippen LogP contribution >= 0.6 is 0 Å². The fourth-order valence-corrected chi connectivity index (χ4v) is 2.34. The number of hydrogen-bond acceptors (Lipinski definition) is 4. The summed E-state index contributed by atoms with van der Waals surface area (Å²) in [5, 5.41) is 6.25. The summed E-state index contributed by atoms with van der Waals surface area (Å²) >= 11 is 0. The first-order valence-corrected chi connectivity index (χ1v) is 8.87. The van der Waals surface area contributed by atoms with Crippen molar-refractivity contribution in [2.75, 3.05) is 17.7 Å². The van der Waals surface area contributed by atoms with Crippen molar-refractivity contribution in [3.8, 4) is 11.5 Å². The van der Waals surface area contributed by atoms with Gasteiger partial charge in [-0.1, -0.05) is 19.9 Å². The molecular weight excluding hydrogens is 328 g/mol. The molecule has 0 aliphatic heterocycles. The Morgan fingerprint density at radius 3 is 2.19 bits per heavy atom. The van der Waals surface area contributed by atoms with Crippen LogP contribution in [0.5, 0.6) is 11.5 Å². The van der Waals surface area contributed by atoms with Crippen LogP contribution in [0.1, 0.15) is 33.3 Å². The largest absolute Gasteiger partial charge is 0.493 e. The van der Waals surface area contributed by atoms with Gasteiger partial charge in [-0.05, 0) is 55.8 Å². The maximum Gasteiger partial charge on any atom is 0.226 e. The minimum atomic E-state index is -0.0366. The fraction of sp³-hybridized carbons (Fsp3) is 0.381. The molecule has 0 heterocycles. The van der Waals surface area contributed by atoms with Crippen molar-refractivity contribution in [1.29, 1.82) is 0 Å². The van der Waals surface area contributed by atoms with Crippen molar-refractivity contribution in [1.82, 2.24) is 0 Å². The summed E-state index contributed by atoms with van der Waals surface area (Å²) in [6.07, 6.45) is 0.0996. The predicted octanol–water partition coefficient (Wildman–Crippen LogP) is 4.69. The maximum absolute atomic E-state index is 11.7. The van der Waals surface area contributed by atoms with Crippen LogP contribution in [0, 0.1) is 5.92 Å². The monoisotopic (exact) mass is 356 g/mol. The number of carbonyl (C=O) groups is 1. The minimum absolute atomic E-state index is 0.0153. The van der Waals surface area contributed by atoms with Crippen LogP contribution in [0.2, 0.25) is 0 Å². The van der Waals surface area contributed by atoms with Gasteiger partial charge in [0.1, 0.15) is 0 Å². The molecule has 0 unspecified atom stereocenters. The number of nitrogens with one attached hydrogen (secondary N) is 2. The van der Waals surface area contributed by atoms with Gasteiger partial charge < -0.3 is 20.1 Å². The Balaban J connectivity index is 1.97. The number of methoxy groups -OCH3 is 1. The van der Waals surface area contributed by atoms with Gasteiger partial charge in [0.15, 0.2) is 11.5 Å². The van der Waals surface area contributed by atoms with E-state index in [0.29, 0.717) is 6.54 Å². The van der Waals surface area contributed by atoms with E-state index in [1.807, 2.05) is 70.2 Å². The second-order valence-corrected chi connectivity index (χ2v) is 6.73. The zero-order chi connectivity index (χ0) is 19.1. The van der Waals surface area contributed by atoms with Gasteiger partial charge in [-0.15, -0.1) is 0 Å². The SMILES string of the molecule is COc1cc(CNc2ccc(NC(=O)C(C)C)cc2)ccc1OC(C)C. The van der Waals surface area contributed by atoms with Gasteiger partial charge in [-0.25, -0.2) is 0 Å². The highest BCUT2D eigenvalue weighted by Crippen LogP contribution is 2.29. The smallest absolute Gasteiger partial charge is 0.226 e. The number of hydrogen-bond donors (Lipinski definition) is 2. The molecule has 1 amide bonds. The molecule has 2 N–H and O–H groups in total. The maximum atomic E-state index is 11.7. The molecule has 2 aromatic rings. The first kappa shape index (κ1) is 19.6. The Morgan fingerprint density at radius 1 is 0.962 bits per heavy atom. The summed E-state index contributed by atoms with van der Waals surface area (Å²) in [5.41, 5.74) is 2.87. The highest BCUT2D eigenvalue weighted by Gasteiger charge is 2.08. The summed E-state index contributed by atoms with van der Waals surface area (Å²) in [6.45, 7) is 8.38. The van der Waals surface area contributed by atoms with Gasteiger partial charge in [0, 0.05) is 23.8 Å². The van der Waals surface area contributed by atoms with E-state index in [2.05, 4.69) is 10.6 Å². The lowest BCUT2D eigenvalue weighted by Gasteiger charge is -2.15. The van der Waals surface area contributed by atoms with Crippen LogP contribution in [-0.2, 0) is 11.3 Å². The van der Waals surface area contributed by atoms with Gasteiger partial charge in [-0.2, -0.15) is 0 Å². The zero-order valence-corrected chi connectivity index (χ0v) is 16.1. The summed E-state index contributed by atoms with van der Waals surface area (Å²) in [4.78, 5) is 11.7. The van der Waals surface area contributed by atoms with Gasteiger partial charge >= 0.3 is 0 Å². The van der Waals surface area contributed by atoms with Crippen molar-refractivity contribution in [2.45, 2.75) is 40.3 Å². The molecule has 5 nitrogen and oxygen atoms in total. The van der Waals surface area contributed by atoms with Gasteiger partial charge in [0.05, 0.1) is 13.2 Å². The fourth-order valence-electron chi connectivity index (χ4n) is 2.34. The zero-order valence-electron chi connectivity index (χ0n) is 16.1. The molecule has 2 rings (SSSR count). The van der Waals surface area contributed by atoms with E-state index in [0.717, 1.165) is 28.4 Å². The first-order valence-electron chi connectivity index (χ1n) is 8.87. The van der Waals surface area contributed by atoms with Crippen LogP contribution < -0.4 is 20.1 Å². The molecule has 0 bridgehead atoms. The van der Waals surface area contributed by atoms with Crippen LogP contribution in [0.25, 0.3) is 0 Å². The molecule has 26 heavy (non-hydrogen) atoms. The van der Waals surface area contributed by atoms with E-state index < -0.39 is 0 Å². The van der Waals surface area contributed by atoms with Crippen molar-refractivity contribution < 1.29 is 14.3 Å². The molecule has 0 aromatic heterocycles. The van der Waals surface area contributed by atoms with E-state index in [4.69, 9.17) is 9.47 Å². The van der Waals surface area contributed by atoms with Crippen molar-refractivity contribution in [3.05, 3.63) is 48.0 Å². The minimum Gasteiger partial charge on any atom is -0.493 e. The number of amides is 1. The predicted molar refractivity (Wildman–Crippen MR) is 106 cm³/mol. The molecule has 0 saturated heterocycles. The highest BCUT2D eigenvalue weighted by atomic mass is 16.5. The topological polar surface area (TPSA) is 59.6 Å². The van der Waals surface area contributed by atoms with Crippen molar-refractivity contribution >= 4 is 17.3 Å². The number of carbonyl (C=O) groups excluding carboxylic acids is 1. The number of rotatable bonds is 8. The average molecular weight is 356 g/mol. The summed E-state index contributed by atoms with van der Waals surface area (Å²) in [7, 11) is 1.64. The van der Waals surface area contributed by atoms with Crippen molar-refractivity contribution in [3.63, 3.8) is 0 Å². The molecule has 2 aromatic carbocycles. The Labute approximate surface area is 155 Å². The number of ether oxygens (including phenoxy) is 2. The third-order valence-electron chi connectivity index (χ3n) is 3.76. The summed E-state index contributed by atoms with van der Waals surface area (Å²) in [5.74, 6) is 1.45. The highest BCUT2D eigenvalue weighted by molar-refractivity contribution is 5.92. The molecular formula is C21H28N2O3. The Hall–Kier alpha value is -2.69. The summed E-state index contributed by atoms with van der Waals surface area (Å²) in [6, 6.07) is 13.6. The van der Waals surface area contributed by atoms with Crippen molar-refractivity contribution in [2.24, 2.45) is 5.92 Å². The first-order chi connectivity index (χ1) is 12.4. The van der Waals surface area contributed by atoms with Gasteiger partial charge in [0.2, 0.25) is 5.91 Å². The lowest BCUT2D eigenvalue weighted by atomic mass is 10.2. The van der Waals surface area contributed by atoms with E-state index in [1.165, 1.54) is 0 Å². The van der Waals surface area contributed by atoms with E-state index in [9.17, 15) is 4.79 Å². The third kappa shape index (κ3) is 5.69. The number of benzene rings is 2. The van der Waals surface area contributed by atoms with E-state index >= 15 is 0 Å². The molecule has 0 fully saturated rings. The quantitative estimate of drug-likeness (QED) is 0.720. The lowest BCUT2D eigenvalue weighted by Crippen LogP contribution is -2.17. The lowest BCUT2D eigenvalue weighted by molar-refractivity contribution is -0.118. The molecule has 0 aliphatic rings. The Kier molecular flexibility index (Phi) is 6.89. The Bertz CT molecular complexity index is 725. The molecule has 5 heteroatoms. The van der Waals surface area contributed by atoms with Crippen LogP contribution in [-0.4, -0.2) is 19.1 Å². The van der Waals surface area contributed by atoms with Gasteiger partial charge in [0.25, 0.3) is 0 Å². The molecule has 140 valence electrons. The molecule has 0 atom stereocenters. The van der Waals surface area contributed by atoms with Crippen LogP contribution in [0.4, 0.5) is 11.4 Å². The second kappa shape index (κ2) is 9.13. The van der Waals surface area contributed by atoms with E-state index in [-0.39, 0.29) is 17.9 Å². The summed E-state index contributed by atoms with van der Waals surface area (Å²) < 4.78 is 11.2. The van der Waals surface area contributed by atoms with Gasteiger partial charge in [-0.3, -0.25) is 4.79 Å². The molecule has 0 spiro atoms. The van der Waals surface area contributed by atoms with E-state index in [1.54, 1.807) is 7.11 Å². The molecule has 0 radical (unpaired) electrons.